The maximum atomic E-state index is 11.5. The minimum absolute atomic E-state index is 0. The molecule has 0 saturated carbocycles. The lowest BCUT2D eigenvalue weighted by molar-refractivity contribution is -0.128. The van der Waals surface area contributed by atoms with E-state index >= 15 is 0 Å². The molecule has 2 N–H and O–H groups in total. The van der Waals surface area contributed by atoms with E-state index in [1.807, 2.05) is 28.8 Å². The van der Waals surface area contributed by atoms with Gasteiger partial charge in [-0.3, -0.25) is 14.2 Å². The number of fused-ring (bicyclic) bond motifs is 1. The molecule has 0 aromatic carbocycles. The quantitative estimate of drug-likeness (QED) is 0.409. The second-order valence-electron chi connectivity index (χ2n) is 4.94. The molecular formula is C14H22IN7O. The molecule has 0 aliphatic heterocycles. The number of nitrogens with zero attached hydrogens (tertiary/aromatic N) is 5. The number of halogens is 1. The number of hydrogen-bond donors (Lipinski definition) is 2. The Morgan fingerprint density at radius 2 is 2.09 bits per heavy atom. The Kier molecular flexibility index (Phi) is 7.72. The average Bonchev–Trinajstić information content (AvgIpc) is 2.93. The molecule has 0 radical (unpaired) electrons. The lowest BCUT2D eigenvalue weighted by Crippen LogP contribution is -2.39. The van der Waals surface area contributed by atoms with E-state index in [1.54, 1.807) is 26.0 Å². The molecule has 2 aromatic rings. The molecule has 0 saturated heterocycles. The first kappa shape index (κ1) is 19.1. The molecule has 2 aromatic heterocycles. The van der Waals surface area contributed by atoms with Gasteiger partial charge in [-0.05, 0) is 12.1 Å². The number of carbonyl (C=O) groups excluding carboxylic acids is 1. The maximum absolute atomic E-state index is 11.5. The van der Waals surface area contributed by atoms with Crippen LogP contribution in [0.2, 0.25) is 0 Å². The number of carbonyl (C=O) groups is 1. The monoisotopic (exact) mass is 431 g/mol. The maximum Gasteiger partial charge on any atom is 0.223 e. The SMILES string of the molecule is CN=C(NCCC(=O)N(C)C)NCc1nnc2ccccn12.I. The number of amides is 1. The Bertz CT molecular complexity index is 668. The fraction of sp³-hybridized carbons (Fsp3) is 0.429. The predicted molar refractivity (Wildman–Crippen MR) is 99.9 cm³/mol. The van der Waals surface area contributed by atoms with Gasteiger partial charge in [0.25, 0.3) is 0 Å². The first-order valence-corrected chi connectivity index (χ1v) is 7.05. The molecule has 0 bridgehead atoms. The highest BCUT2D eigenvalue weighted by Crippen LogP contribution is 2.02. The second-order valence-corrected chi connectivity index (χ2v) is 4.94. The topological polar surface area (TPSA) is 86.9 Å². The van der Waals surface area contributed by atoms with Crippen molar-refractivity contribution in [1.29, 1.82) is 0 Å². The summed E-state index contributed by atoms with van der Waals surface area (Å²) in [6, 6.07) is 5.75. The fourth-order valence-corrected chi connectivity index (χ4v) is 1.91. The standard InChI is InChI=1S/C14H21N7O.HI/c1-15-14(16-8-7-13(22)20(2)3)17-10-12-19-18-11-6-4-5-9-21(11)12;/h4-6,9H,7-8,10H2,1-3H3,(H2,15,16,17);1H. The molecule has 8 nitrogen and oxygen atoms in total. The van der Waals surface area contributed by atoms with E-state index < -0.39 is 0 Å². The van der Waals surface area contributed by atoms with Gasteiger partial charge in [-0.2, -0.15) is 0 Å². The lowest BCUT2D eigenvalue weighted by atomic mass is 10.4. The van der Waals surface area contributed by atoms with Gasteiger partial charge >= 0.3 is 0 Å². The number of nitrogens with one attached hydrogen (secondary N) is 2. The van der Waals surface area contributed by atoms with E-state index in [1.165, 1.54) is 0 Å². The normalized spacial score (nSPS) is 11.0. The largest absolute Gasteiger partial charge is 0.356 e. The molecule has 126 valence electrons. The van der Waals surface area contributed by atoms with Crippen molar-refractivity contribution in [2.75, 3.05) is 27.7 Å². The molecule has 0 atom stereocenters. The van der Waals surface area contributed by atoms with Crippen LogP contribution in [0.4, 0.5) is 0 Å². The summed E-state index contributed by atoms with van der Waals surface area (Å²) in [6.45, 7) is 1.02. The van der Waals surface area contributed by atoms with Crippen molar-refractivity contribution in [2.45, 2.75) is 13.0 Å². The number of rotatable bonds is 5. The molecule has 9 heteroatoms. The molecule has 2 rings (SSSR count). The number of hydrogen-bond acceptors (Lipinski definition) is 4. The Morgan fingerprint density at radius 3 is 2.78 bits per heavy atom. The van der Waals surface area contributed by atoms with Crippen LogP contribution in [-0.4, -0.2) is 59.1 Å². The van der Waals surface area contributed by atoms with E-state index in [2.05, 4.69) is 25.8 Å². The third-order valence-corrected chi connectivity index (χ3v) is 3.15. The molecule has 0 spiro atoms. The minimum atomic E-state index is 0. The Hall–Kier alpha value is -1.91. The summed E-state index contributed by atoms with van der Waals surface area (Å²) >= 11 is 0. The third kappa shape index (κ3) is 5.34. The van der Waals surface area contributed by atoms with Gasteiger partial charge in [0.2, 0.25) is 5.91 Å². The first-order valence-electron chi connectivity index (χ1n) is 7.05. The molecule has 23 heavy (non-hydrogen) atoms. The molecule has 0 fully saturated rings. The van der Waals surface area contributed by atoms with Crippen molar-refractivity contribution in [3.05, 3.63) is 30.2 Å². The van der Waals surface area contributed by atoms with E-state index in [-0.39, 0.29) is 29.9 Å². The van der Waals surface area contributed by atoms with Crippen molar-refractivity contribution >= 4 is 41.5 Å². The van der Waals surface area contributed by atoms with Crippen LogP contribution in [0, 0.1) is 0 Å². The van der Waals surface area contributed by atoms with Gasteiger partial charge in [0.1, 0.15) is 0 Å². The van der Waals surface area contributed by atoms with Crippen LogP contribution >= 0.6 is 24.0 Å². The van der Waals surface area contributed by atoms with E-state index in [9.17, 15) is 4.79 Å². The van der Waals surface area contributed by atoms with Crippen LogP contribution in [0.15, 0.2) is 29.4 Å². The van der Waals surface area contributed by atoms with Gasteiger partial charge < -0.3 is 15.5 Å². The highest BCUT2D eigenvalue weighted by molar-refractivity contribution is 14.0. The molecule has 0 unspecified atom stereocenters. The Balaban J connectivity index is 0.00000264. The summed E-state index contributed by atoms with van der Waals surface area (Å²) in [5.74, 6) is 1.49. The number of aliphatic imine (C=N–C) groups is 1. The summed E-state index contributed by atoms with van der Waals surface area (Å²) < 4.78 is 1.91. The summed E-state index contributed by atoms with van der Waals surface area (Å²) in [5, 5.41) is 14.5. The average molecular weight is 431 g/mol. The van der Waals surface area contributed by atoms with E-state index in [4.69, 9.17) is 0 Å². The van der Waals surface area contributed by atoms with Crippen molar-refractivity contribution in [3.63, 3.8) is 0 Å². The van der Waals surface area contributed by atoms with Crippen molar-refractivity contribution in [2.24, 2.45) is 4.99 Å². The van der Waals surface area contributed by atoms with Gasteiger partial charge in [-0.1, -0.05) is 6.07 Å². The van der Waals surface area contributed by atoms with Gasteiger partial charge in [0.15, 0.2) is 17.4 Å². The zero-order valence-electron chi connectivity index (χ0n) is 13.5. The molecule has 2 heterocycles. The molecule has 0 aliphatic carbocycles. The van der Waals surface area contributed by atoms with Crippen molar-refractivity contribution in [3.8, 4) is 0 Å². The number of guanidine groups is 1. The van der Waals surface area contributed by atoms with E-state index in [0.717, 1.165) is 11.5 Å². The zero-order chi connectivity index (χ0) is 15.9. The molecular weight excluding hydrogens is 409 g/mol. The summed E-state index contributed by atoms with van der Waals surface area (Å²) in [6.07, 6.45) is 2.33. The van der Waals surface area contributed by atoms with E-state index in [0.29, 0.717) is 25.5 Å². The minimum Gasteiger partial charge on any atom is -0.356 e. The predicted octanol–water partition coefficient (Wildman–Crippen LogP) is 0.491. The van der Waals surface area contributed by atoms with Crippen LogP contribution in [-0.2, 0) is 11.3 Å². The van der Waals surface area contributed by atoms with Gasteiger partial charge in [0.05, 0.1) is 6.54 Å². The third-order valence-electron chi connectivity index (χ3n) is 3.15. The number of aromatic nitrogens is 3. The first-order chi connectivity index (χ1) is 10.6. The van der Waals surface area contributed by atoms with Crippen molar-refractivity contribution < 1.29 is 4.79 Å². The fourth-order valence-electron chi connectivity index (χ4n) is 1.91. The Morgan fingerprint density at radius 1 is 1.30 bits per heavy atom. The van der Waals surface area contributed by atoms with Crippen LogP contribution in [0.25, 0.3) is 5.65 Å². The smallest absolute Gasteiger partial charge is 0.223 e. The molecule has 0 aliphatic rings. The van der Waals surface area contributed by atoms with Crippen LogP contribution < -0.4 is 10.6 Å². The highest BCUT2D eigenvalue weighted by Gasteiger charge is 2.07. The van der Waals surface area contributed by atoms with Gasteiger partial charge in [-0.15, -0.1) is 34.2 Å². The van der Waals surface area contributed by atoms with Gasteiger partial charge in [0, 0.05) is 40.3 Å². The highest BCUT2D eigenvalue weighted by atomic mass is 127. The lowest BCUT2D eigenvalue weighted by Gasteiger charge is -2.13. The Labute approximate surface area is 152 Å². The summed E-state index contributed by atoms with van der Waals surface area (Å²) in [7, 11) is 5.17. The summed E-state index contributed by atoms with van der Waals surface area (Å²) in [4.78, 5) is 17.2. The van der Waals surface area contributed by atoms with Crippen LogP contribution in [0.3, 0.4) is 0 Å². The zero-order valence-corrected chi connectivity index (χ0v) is 15.8. The summed E-state index contributed by atoms with van der Waals surface area (Å²) in [5.41, 5.74) is 0.804. The van der Waals surface area contributed by atoms with Crippen LogP contribution in [0.5, 0.6) is 0 Å². The van der Waals surface area contributed by atoms with Gasteiger partial charge in [-0.25, -0.2) is 0 Å². The number of pyridine rings is 1. The van der Waals surface area contributed by atoms with Crippen molar-refractivity contribution in [1.82, 2.24) is 30.1 Å². The molecule has 1 amide bonds. The van der Waals surface area contributed by atoms with Crippen LogP contribution in [0.1, 0.15) is 12.2 Å². The second kappa shape index (κ2) is 9.28.